The third-order valence-corrected chi connectivity index (χ3v) is 3.39. The average Bonchev–Trinajstić information content (AvgIpc) is 2.37. The van der Waals surface area contributed by atoms with Gasteiger partial charge in [-0.05, 0) is 47.2 Å². The van der Waals surface area contributed by atoms with Gasteiger partial charge in [0, 0.05) is 23.2 Å². The third-order valence-electron chi connectivity index (χ3n) is 2.52. The molecule has 0 radical (unpaired) electrons. The van der Waals surface area contributed by atoms with Gasteiger partial charge in [0.05, 0.1) is 4.47 Å². The lowest BCUT2D eigenvalue weighted by molar-refractivity contribution is 0.468. The summed E-state index contributed by atoms with van der Waals surface area (Å²) in [6.07, 6.45) is 0. The molecule has 1 N–H and O–H groups in total. The highest BCUT2D eigenvalue weighted by atomic mass is 79.9. The lowest BCUT2D eigenvalue weighted by Crippen LogP contribution is -2.06. The van der Waals surface area contributed by atoms with E-state index in [1.165, 1.54) is 6.07 Å². The van der Waals surface area contributed by atoms with Crippen LogP contribution in [0.25, 0.3) is 0 Å². The van der Waals surface area contributed by atoms with E-state index in [2.05, 4.69) is 21.2 Å². The Morgan fingerprint density at radius 1 is 1.26 bits per heavy atom. The summed E-state index contributed by atoms with van der Waals surface area (Å²) < 4.78 is 19.5. The second-order valence-electron chi connectivity index (χ2n) is 3.96. The molecule has 0 spiro atoms. The van der Waals surface area contributed by atoms with E-state index in [-0.39, 0.29) is 5.82 Å². The van der Waals surface area contributed by atoms with Crippen molar-refractivity contribution in [1.82, 2.24) is 5.32 Å². The van der Waals surface area contributed by atoms with Crippen LogP contribution >= 0.6 is 27.5 Å². The zero-order valence-corrected chi connectivity index (χ0v) is 12.6. The molecule has 0 aliphatic carbocycles. The van der Waals surface area contributed by atoms with Crippen molar-refractivity contribution in [2.75, 3.05) is 7.05 Å². The van der Waals surface area contributed by atoms with Gasteiger partial charge in [0.15, 0.2) is 0 Å². The van der Waals surface area contributed by atoms with Crippen molar-refractivity contribution in [2.24, 2.45) is 0 Å². The summed E-state index contributed by atoms with van der Waals surface area (Å²) >= 11 is 9.06. The van der Waals surface area contributed by atoms with E-state index in [0.717, 1.165) is 5.56 Å². The van der Waals surface area contributed by atoms with Gasteiger partial charge >= 0.3 is 0 Å². The molecule has 0 atom stereocenters. The molecule has 2 aromatic rings. The maximum Gasteiger partial charge on any atom is 0.141 e. The summed E-state index contributed by atoms with van der Waals surface area (Å²) in [4.78, 5) is 0. The standard InChI is InChI=1S/C14H12BrClFNO/c1-18-8-9-2-3-10(16)6-14(9)19-11-4-5-12(15)13(17)7-11/h2-7,18H,8H2,1H3. The molecular formula is C14H12BrClFNO. The Bertz CT molecular complexity index is 592. The predicted octanol–water partition coefficient (Wildman–Crippen LogP) is 4.75. The Morgan fingerprint density at radius 3 is 2.74 bits per heavy atom. The average molecular weight is 345 g/mol. The Labute approximate surface area is 124 Å². The van der Waals surface area contributed by atoms with E-state index in [0.29, 0.717) is 27.5 Å². The molecule has 0 saturated carbocycles. The SMILES string of the molecule is CNCc1ccc(Cl)cc1Oc1ccc(Br)c(F)c1. The molecule has 5 heteroatoms. The summed E-state index contributed by atoms with van der Waals surface area (Å²) in [7, 11) is 1.84. The van der Waals surface area contributed by atoms with Gasteiger partial charge < -0.3 is 10.1 Å². The van der Waals surface area contributed by atoms with Crippen LogP contribution < -0.4 is 10.1 Å². The number of hydrogen-bond donors (Lipinski definition) is 1. The van der Waals surface area contributed by atoms with Crippen molar-refractivity contribution in [2.45, 2.75) is 6.54 Å². The van der Waals surface area contributed by atoms with Crippen LogP contribution in [0.4, 0.5) is 4.39 Å². The van der Waals surface area contributed by atoms with Crippen molar-refractivity contribution in [1.29, 1.82) is 0 Å². The zero-order valence-electron chi connectivity index (χ0n) is 10.2. The van der Waals surface area contributed by atoms with Crippen LogP contribution in [0.1, 0.15) is 5.56 Å². The van der Waals surface area contributed by atoms with Crippen LogP contribution in [-0.4, -0.2) is 7.05 Å². The van der Waals surface area contributed by atoms with E-state index in [1.54, 1.807) is 24.3 Å². The summed E-state index contributed by atoms with van der Waals surface area (Å²) in [5.74, 6) is 0.679. The van der Waals surface area contributed by atoms with Gasteiger partial charge in [0.1, 0.15) is 17.3 Å². The molecule has 100 valence electrons. The molecule has 0 aromatic heterocycles. The second-order valence-corrected chi connectivity index (χ2v) is 5.25. The van der Waals surface area contributed by atoms with E-state index in [9.17, 15) is 4.39 Å². The van der Waals surface area contributed by atoms with Gasteiger partial charge in [-0.1, -0.05) is 17.7 Å². The first-order chi connectivity index (χ1) is 9.10. The fourth-order valence-electron chi connectivity index (χ4n) is 1.63. The van der Waals surface area contributed by atoms with Crippen LogP contribution in [0.15, 0.2) is 40.9 Å². The fraction of sp³-hybridized carbons (Fsp3) is 0.143. The van der Waals surface area contributed by atoms with Gasteiger partial charge in [0.25, 0.3) is 0 Å². The smallest absolute Gasteiger partial charge is 0.141 e. The maximum atomic E-state index is 13.4. The van der Waals surface area contributed by atoms with Crippen molar-refractivity contribution >= 4 is 27.5 Å². The number of halogens is 3. The third kappa shape index (κ3) is 3.69. The number of ether oxygens (including phenoxy) is 1. The number of rotatable bonds is 4. The van der Waals surface area contributed by atoms with Crippen LogP contribution in [0.2, 0.25) is 5.02 Å². The maximum absolute atomic E-state index is 13.4. The molecule has 0 unspecified atom stereocenters. The molecule has 19 heavy (non-hydrogen) atoms. The largest absolute Gasteiger partial charge is 0.457 e. The van der Waals surface area contributed by atoms with Gasteiger partial charge in [0.2, 0.25) is 0 Å². The quantitative estimate of drug-likeness (QED) is 0.864. The van der Waals surface area contributed by atoms with E-state index in [4.69, 9.17) is 16.3 Å². The number of nitrogens with one attached hydrogen (secondary N) is 1. The minimum atomic E-state index is -0.366. The predicted molar refractivity (Wildman–Crippen MR) is 78.4 cm³/mol. The Morgan fingerprint density at radius 2 is 2.05 bits per heavy atom. The minimum absolute atomic E-state index is 0.366. The van der Waals surface area contributed by atoms with Gasteiger partial charge in [-0.25, -0.2) is 4.39 Å². The molecule has 0 saturated heterocycles. The van der Waals surface area contributed by atoms with Crippen molar-refractivity contribution in [3.63, 3.8) is 0 Å². The first-order valence-corrected chi connectivity index (χ1v) is 6.83. The highest BCUT2D eigenvalue weighted by molar-refractivity contribution is 9.10. The van der Waals surface area contributed by atoms with Gasteiger partial charge in [-0.15, -0.1) is 0 Å². The Kier molecular flexibility index (Phi) is 4.80. The summed E-state index contributed by atoms with van der Waals surface area (Å²) in [6.45, 7) is 0.644. The first kappa shape index (κ1) is 14.3. The monoisotopic (exact) mass is 343 g/mol. The molecule has 2 rings (SSSR count). The van der Waals surface area contributed by atoms with Crippen LogP contribution in [-0.2, 0) is 6.54 Å². The van der Waals surface area contributed by atoms with Crippen molar-refractivity contribution in [3.8, 4) is 11.5 Å². The molecule has 0 amide bonds. The van der Waals surface area contributed by atoms with Crippen LogP contribution in [0.3, 0.4) is 0 Å². The minimum Gasteiger partial charge on any atom is -0.457 e. The molecule has 0 bridgehead atoms. The van der Waals surface area contributed by atoms with Gasteiger partial charge in [-0.3, -0.25) is 0 Å². The summed E-state index contributed by atoms with van der Waals surface area (Å²) in [5.41, 5.74) is 0.954. The van der Waals surface area contributed by atoms with E-state index in [1.807, 2.05) is 13.1 Å². The van der Waals surface area contributed by atoms with Gasteiger partial charge in [-0.2, -0.15) is 0 Å². The molecule has 0 aliphatic rings. The van der Waals surface area contributed by atoms with E-state index >= 15 is 0 Å². The van der Waals surface area contributed by atoms with E-state index < -0.39 is 0 Å². The first-order valence-electron chi connectivity index (χ1n) is 5.66. The number of hydrogen-bond acceptors (Lipinski definition) is 2. The Balaban J connectivity index is 2.30. The molecule has 0 aliphatic heterocycles. The molecule has 0 heterocycles. The lowest BCUT2D eigenvalue weighted by Gasteiger charge is -2.11. The van der Waals surface area contributed by atoms with Crippen LogP contribution in [0.5, 0.6) is 11.5 Å². The van der Waals surface area contributed by atoms with Crippen molar-refractivity contribution < 1.29 is 9.13 Å². The fourth-order valence-corrected chi connectivity index (χ4v) is 2.04. The topological polar surface area (TPSA) is 21.3 Å². The molecule has 2 aromatic carbocycles. The van der Waals surface area contributed by atoms with Crippen molar-refractivity contribution in [3.05, 3.63) is 57.3 Å². The summed E-state index contributed by atoms with van der Waals surface area (Å²) in [5, 5.41) is 3.62. The summed E-state index contributed by atoms with van der Waals surface area (Å²) in [6, 6.07) is 10.0. The molecule has 2 nitrogen and oxygen atoms in total. The number of benzene rings is 2. The second kappa shape index (κ2) is 6.37. The highest BCUT2D eigenvalue weighted by Gasteiger charge is 2.07. The van der Waals surface area contributed by atoms with Crippen LogP contribution in [0, 0.1) is 5.82 Å². The lowest BCUT2D eigenvalue weighted by atomic mass is 10.2. The Hall–Kier alpha value is -1.10. The normalized spacial score (nSPS) is 10.5. The zero-order chi connectivity index (χ0) is 13.8. The highest BCUT2D eigenvalue weighted by Crippen LogP contribution is 2.30. The molecular weight excluding hydrogens is 333 g/mol. The molecule has 0 fully saturated rings.